The molecule has 1 rings (SSSR count). The van der Waals surface area contributed by atoms with E-state index in [4.69, 9.17) is 11.8 Å². The van der Waals surface area contributed by atoms with Crippen LogP contribution in [0.2, 0.25) is 0 Å². The lowest BCUT2D eigenvalue weighted by Crippen LogP contribution is -2.28. The average Bonchev–Trinajstić information content (AvgIpc) is 1.88. The molecule has 3 nitrogen and oxygen atoms in total. The fourth-order valence-corrected chi connectivity index (χ4v) is 0.495. The maximum atomic E-state index is 10.5. The highest BCUT2D eigenvalue weighted by Gasteiger charge is 2.11. The molecule has 0 saturated carbocycles. The molecular weight excluding hydrogens is 118 g/mol. The van der Waals surface area contributed by atoms with Crippen molar-refractivity contribution in [1.29, 1.82) is 0 Å². The van der Waals surface area contributed by atoms with E-state index in [9.17, 15) is 4.79 Å². The number of nitrogens with two attached hydrogens (primary N) is 1. The second-order valence-electron chi connectivity index (χ2n) is 1.58. The number of hydrogen-bond donors (Lipinski definition) is 1. The van der Waals surface area contributed by atoms with Crippen molar-refractivity contribution in [2.24, 2.45) is 5.73 Å². The molecule has 2 N–H and O–H groups in total. The number of hydrogen-bond acceptors (Lipinski definition) is 2. The molecule has 48 valence electrons. The molecule has 0 saturated heterocycles. The van der Waals surface area contributed by atoms with Crippen molar-refractivity contribution in [2.75, 3.05) is 0 Å². The largest absolute Gasteiger partial charge is 0.484 e. The van der Waals surface area contributed by atoms with Crippen molar-refractivity contribution in [2.45, 2.75) is 6.10 Å². The minimum absolute atomic E-state index is 0.0926. The lowest BCUT2D eigenvalue weighted by molar-refractivity contribution is -0.124. The molecule has 0 aromatic heterocycles. The fourth-order valence-electron chi connectivity index (χ4n) is 0.495. The van der Waals surface area contributed by atoms with Crippen molar-refractivity contribution in [3.8, 4) is 0 Å². The normalized spacial score (nSPS) is 26.0. The monoisotopic (exact) mass is 126 g/mol. The first-order chi connectivity index (χ1) is 4.72. The van der Waals surface area contributed by atoms with Crippen molar-refractivity contribution in [3.63, 3.8) is 0 Å². The Hall–Kier alpha value is -1.25. The van der Waals surface area contributed by atoms with Gasteiger partial charge in [-0.25, -0.2) is 0 Å². The van der Waals surface area contributed by atoms with Gasteiger partial charge in [0.2, 0.25) is 0 Å². The van der Waals surface area contributed by atoms with Crippen LogP contribution in [0.5, 0.6) is 0 Å². The summed E-state index contributed by atoms with van der Waals surface area (Å²) in [6.07, 6.45) is 3.46. The number of primary amides is 1. The van der Waals surface area contributed by atoms with Crippen molar-refractivity contribution >= 4 is 5.91 Å². The predicted molar refractivity (Wildman–Crippen MR) is 32.3 cm³/mol. The Labute approximate surface area is 54.2 Å². The van der Waals surface area contributed by atoms with Gasteiger partial charge < -0.3 is 10.5 Å². The van der Waals surface area contributed by atoms with E-state index in [0.717, 1.165) is 0 Å². The van der Waals surface area contributed by atoms with Crippen molar-refractivity contribution in [1.82, 2.24) is 0 Å². The van der Waals surface area contributed by atoms with Gasteiger partial charge in [0.1, 0.15) is 0 Å². The summed E-state index contributed by atoms with van der Waals surface area (Å²) < 4.78 is 11.9. The molecule has 1 heterocycles. The van der Waals surface area contributed by atoms with E-state index in [1.54, 1.807) is 6.08 Å². The molecule has 3 heteroatoms. The minimum atomic E-state index is -0.898. The first-order valence-corrected chi connectivity index (χ1v) is 2.50. The summed E-state index contributed by atoms with van der Waals surface area (Å²) in [5.41, 5.74) is 4.90. The summed E-state index contributed by atoms with van der Waals surface area (Å²) in [7, 11) is 0. The van der Waals surface area contributed by atoms with Crippen LogP contribution in [0.1, 0.15) is 1.37 Å². The van der Waals surface area contributed by atoms with Gasteiger partial charge in [-0.15, -0.1) is 0 Å². The number of carbonyl (C=O) groups excluding carboxylic acids is 1. The quantitative estimate of drug-likeness (QED) is 0.535. The molecule has 0 spiro atoms. The zero-order valence-electron chi connectivity index (χ0n) is 5.70. The summed E-state index contributed by atoms with van der Waals surface area (Å²) in [5, 5.41) is 0. The third-order valence-corrected chi connectivity index (χ3v) is 0.895. The second-order valence-corrected chi connectivity index (χ2v) is 1.58. The fraction of sp³-hybridized carbons (Fsp3) is 0.167. The molecule has 1 unspecified atom stereocenters. The summed E-state index contributed by atoms with van der Waals surface area (Å²) in [6.45, 7) is 0. The van der Waals surface area contributed by atoms with E-state index < -0.39 is 12.0 Å². The lowest BCUT2D eigenvalue weighted by atomic mass is 10.3. The molecular formula is C6H7NO2. The Kier molecular flexibility index (Phi) is 1.20. The van der Waals surface area contributed by atoms with Crippen molar-refractivity contribution < 1.29 is 10.9 Å². The predicted octanol–water partition coefficient (Wildman–Crippen LogP) is -0.0596. The van der Waals surface area contributed by atoms with E-state index in [2.05, 4.69) is 0 Å². The van der Waals surface area contributed by atoms with E-state index in [1.807, 2.05) is 0 Å². The van der Waals surface area contributed by atoms with Crippen molar-refractivity contribution in [3.05, 3.63) is 24.5 Å². The van der Waals surface area contributed by atoms with Crippen LogP contribution in [-0.4, -0.2) is 12.0 Å². The van der Waals surface area contributed by atoms with Gasteiger partial charge in [0, 0.05) is 0 Å². The molecule has 1 aliphatic rings. The molecule has 0 aromatic rings. The third-order valence-electron chi connectivity index (χ3n) is 0.895. The van der Waals surface area contributed by atoms with Crippen LogP contribution in [0.25, 0.3) is 0 Å². The van der Waals surface area contributed by atoms with Crippen LogP contribution in [-0.2, 0) is 9.53 Å². The SMILES string of the molecule is [2H]C1=CC=COC1C(N)=O. The van der Waals surface area contributed by atoms with Crippen LogP contribution in [0.3, 0.4) is 0 Å². The molecule has 0 bridgehead atoms. The van der Waals surface area contributed by atoms with E-state index >= 15 is 0 Å². The van der Waals surface area contributed by atoms with Gasteiger partial charge >= 0.3 is 0 Å². The van der Waals surface area contributed by atoms with Gasteiger partial charge in [-0.3, -0.25) is 4.79 Å². The van der Waals surface area contributed by atoms with Crippen LogP contribution in [0.4, 0.5) is 0 Å². The number of carbonyl (C=O) groups is 1. The highest BCUT2D eigenvalue weighted by atomic mass is 16.5. The Bertz CT molecular complexity index is 210. The highest BCUT2D eigenvalue weighted by molar-refractivity contribution is 5.81. The van der Waals surface area contributed by atoms with Gasteiger partial charge in [0.05, 0.1) is 7.63 Å². The van der Waals surface area contributed by atoms with Gasteiger partial charge in [0.15, 0.2) is 6.10 Å². The van der Waals surface area contributed by atoms with Crippen LogP contribution < -0.4 is 5.73 Å². The average molecular weight is 126 g/mol. The molecule has 1 atom stereocenters. The number of rotatable bonds is 1. The molecule has 0 aliphatic carbocycles. The molecule has 1 aliphatic heterocycles. The maximum absolute atomic E-state index is 10.5. The van der Waals surface area contributed by atoms with Crippen LogP contribution in [0, 0.1) is 0 Å². The van der Waals surface area contributed by atoms with Gasteiger partial charge in [0.25, 0.3) is 5.91 Å². The molecule has 0 fully saturated rings. The van der Waals surface area contributed by atoms with Gasteiger partial charge in [-0.2, -0.15) is 0 Å². The smallest absolute Gasteiger partial charge is 0.262 e. The standard InChI is InChI=1S/C6H7NO2/c7-6(8)5-3-1-2-4-9-5/h1-5H,(H2,7,8)/i3D. The topological polar surface area (TPSA) is 52.3 Å². The highest BCUT2D eigenvalue weighted by Crippen LogP contribution is 1.99. The summed E-state index contributed by atoms with van der Waals surface area (Å²) in [4.78, 5) is 10.5. The summed E-state index contributed by atoms with van der Waals surface area (Å²) in [6, 6.07) is 0.0926. The van der Waals surface area contributed by atoms with Crippen LogP contribution >= 0.6 is 0 Å². The minimum Gasteiger partial charge on any atom is -0.484 e. The third kappa shape index (κ3) is 1.32. The Balaban J connectivity index is 2.73. The Morgan fingerprint density at radius 2 is 2.56 bits per heavy atom. The zero-order valence-corrected chi connectivity index (χ0v) is 4.70. The maximum Gasteiger partial charge on any atom is 0.262 e. The van der Waals surface area contributed by atoms with Gasteiger partial charge in [-0.05, 0) is 12.1 Å². The number of ether oxygens (including phenoxy) is 1. The zero-order chi connectivity index (χ0) is 7.56. The van der Waals surface area contributed by atoms with Crippen LogP contribution in [0.15, 0.2) is 24.5 Å². The van der Waals surface area contributed by atoms with E-state index in [-0.39, 0.29) is 6.05 Å². The summed E-state index contributed by atoms with van der Waals surface area (Å²) in [5.74, 6) is -0.634. The Morgan fingerprint density at radius 1 is 1.78 bits per heavy atom. The van der Waals surface area contributed by atoms with E-state index in [0.29, 0.717) is 0 Å². The first-order valence-electron chi connectivity index (χ1n) is 3.00. The lowest BCUT2D eigenvalue weighted by Gasteiger charge is -2.09. The molecule has 0 radical (unpaired) electrons. The first kappa shape index (κ1) is 4.61. The number of allylic oxidation sites excluding steroid dienone is 2. The summed E-state index contributed by atoms with van der Waals surface area (Å²) >= 11 is 0. The second kappa shape index (κ2) is 2.35. The Morgan fingerprint density at radius 3 is 3.00 bits per heavy atom. The molecule has 1 amide bonds. The van der Waals surface area contributed by atoms with E-state index in [1.165, 1.54) is 12.3 Å². The van der Waals surface area contributed by atoms with Gasteiger partial charge in [-0.1, -0.05) is 6.08 Å². The number of amides is 1. The molecule has 9 heavy (non-hydrogen) atoms. The molecule has 0 aromatic carbocycles.